The van der Waals surface area contributed by atoms with E-state index in [0.29, 0.717) is 16.4 Å². The fraction of sp³-hybridized carbons (Fsp3) is 0.333. The van der Waals surface area contributed by atoms with Crippen molar-refractivity contribution in [2.24, 2.45) is 0 Å². The summed E-state index contributed by atoms with van der Waals surface area (Å²) in [6.07, 6.45) is 3.76. The van der Waals surface area contributed by atoms with E-state index in [1.165, 1.54) is 5.75 Å². The number of thioether (sulfide) groups is 2. The quantitative estimate of drug-likeness (QED) is 0.870. The van der Waals surface area contributed by atoms with Crippen molar-refractivity contribution in [3.63, 3.8) is 0 Å². The minimum atomic E-state index is 0.321. The van der Waals surface area contributed by atoms with Crippen LogP contribution in [0.2, 0.25) is 0 Å². The zero-order valence-electron chi connectivity index (χ0n) is 11.7. The molecule has 1 aromatic heterocycles. The molecule has 1 aliphatic rings. The smallest absolute Gasteiger partial charge is 0.250 e. The van der Waals surface area contributed by atoms with E-state index >= 15 is 0 Å². The maximum absolute atomic E-state index is 5.75. The van der Waals surface area contributed by atoms with Gasteiger partial charge in [-0.2, -0.15) is 16.7 Å². The molecule has 2 N–H and O–H groups in total. The Labute approximate surface area is 132 Å². The van der Waals surface area contributed by atoms with Crippen molar-refractivity contribution in [3.8, 4) is 0 Å². The standard InChI is InChI=1S/C15H17N3OS2/c1-10-14(21-8-7-20-10)15-17-13(19-18-15)6-5-11-3-2-4-12(16)9-11/h2-6,9-10,14H,7-8,16H2,1H3/b6-5+. The SMILES string of the molecule is CC1SCCSC1c1noc(/C=C/c2cccc(N)c2)n1. The fourth-order valence-corrected chi connectivity index (χ4v) is 4.86. The molecule has 2 aromatic rings. The molecule has 1 saturated heterocycles. The predicted octanol–water partition coefficient (Wildman–Crippen LogP) is 3.73. The lowest BCUT2D eigenvalue weighted by molar-refractivity contribution is 0.402. The maximum Gasteiger partial charge on any atom is 0.250 e. The van der Waals surface area contributed by atoms with E-state index in [0.717, 1.165) is 22.8 Å². The van der Waals surface area contributed by atoms with Gasteiger partial charge in [0, 0.05) is 28.5 Å². The van der Waals surface area contributed by atoms with E-state index in [4.69, 9.17) is 10.3 Å². The maximum atomic E-state index is 5.75. The molecule has 0 radical (unpaired) electrons. The molecule has 1 aromatic carbocycles. The summed E-state index contributed by atoms with van der Waals surface area (Å²) in [6.45, 7) is 2.22. The summed E-state index contributed by atoms with van der Waals surface area (Å²) in [5, 5.41) is 4.97. The molecule has 1 aliphatic heterocycles. The first-order chi connectivity index (χ1) is 10.2. The Morgan fingerprint density at radius 1 is 1.29 bits per heavy atom. The van der Waals surface area contributed by atoms with Crippen molar-refractivity contribution in [2.45, 2.75) is 17.4 Å². The Balaban J connectivity index is 1.73. The zero-order valence-corrected chi connectivity index (χ0v) is 13.4. The third-order valence-electron chi connectivity index (χ3n) is 3.23. The topological polar surface area (TPSA) is 64.9 Å². The van der Waals surface area contributed by atoms with Crippen LogP contribution in [-0.4, -0.2) is 26.9 Å². The first-order valence-corrected chi connectivity index (χ1v) is 8.92. The van der Waals surface area contributed by atoms with Crippen LogP contribution in [0.4, 0.5) is 5.69 Å². The van der Waals surface area contributed by atoms with Crippen LogP contribution < -0.4 is 5.73 Å². The van der Waals surface area contributed by atoms with Gasteiger partial charge in [0.25, 0.3) is 5.89 Å². The first-order valence-electron chi connectivity index (χ1n) is 6.83. The molecular formula is C15H17N3OS2. The van der Waals surface area contributed by atoms with E-state index in [1.54, 1.807) is 0 Å². The Hall–Kier alpha value is -1.40. The molecule has 1 fully saturated rings. The number of aromatic nitrogens is 2. The Morgan fingerprint density at radius 2 is 2.14 bits per heavy atom. The van der Waals surface area contributed by atoms with Gasteiger partial charge in [-0.05, 0) is 23.8 Å². The Morgan fingerprint density at radius 3 is 2.95 bits per heavy atom. The first kappa shape index (κ1) is 14.5. The van der Waals surface area contributed by atoms with E-state index in [-0.39, 0.29) is 0 Å². The summed E-state index contributed by atoms with van der Waals surface area (Å²) in [4.78, 5) is 4.49. The molecule has 21 heavy (non-hydrogen) atoms. The van der Waals surface area contributed by atoms with E-state index < -0.39 is 0 Å². The average Bonchev–Trinajstić information content (AvgIpc) is 2.94. The highest BCUT2D eigenvalue weighted by molar-refractivity contribution is 8.06. The van der Waals surface area contributed by atoms with Crippen molar-refractivity contribution in [1.29, 1.82) is 0 Å². The van der Waals surface area contributed by atoms with E-state index in [2.05, 4.69) is 17.1 Å². The lowest BCUT2D eigenvalue weighted by atomic mass is 10.2. The van der Waals surface area contributed by atoms with Crippen molar-refractivity contribution in [2.75, 3.05) is 17.2 Å². The molecule has 3 rings (SSSR count). The number of anilines is 1. The number of nitrogen functional groups attached to an aromatic ring is 1. The van der Waals surface area contributed by atoms with Crippen LogP contribution in [0, 0.1) is 0 Å². The van der Waals surface area contributed by atoms with Gasteiger partial charge in [0.1, 0.15) is 0 Å². The molecule has 0 amide bonds. The summed E-state index contributed by atoms with van der Waals surface area (Å²) in [5.74, 6) is 3.67. The van der Waals surface area contributed by atoms with Gasteiger partial charge in [-0.1, -0.05) is 24.2 Å². The molecular weight excluding hydrogens is 302 g/mol. The largest absolute Gasteiger partial charge is 0.399 e. The van der Waals surface area contributed by atoms with Crippen LogP contribution in [-0.2, 0) is 0 Å². The van der Waals surface area contributed by atoms with Crippen LogP contribution in [0.3, 0.4) is 0 Å². The number of nitrogens with two attached hydrogens (primary N) is 1. The fourth-order valence-electron chi connectivity index (χ4n) is 2.18. The van der Waals surface area contributed by atoms with Crippen molar-refractivity contribution >= 4 is 41.4 Å². The van der Waals surface area contributed by atoms with Gasteiger partial charge >= 0.3 is 0 Å². The number of hydrogen-bond donors (Lipinski definition) is 1. The van der Waals surface area contributed by atoms with Crippen LogP contribution in [0.25, 0.3) is 12.2 Å². The molecule has 2 unspecified atom stereocenters. The van der Waals surface area contributed by atoms with Gasteiger partial charge < -0.3 is 10.3 Å². The lowest BCUT2D eigenvalue weighted by Gasteiger charge is -2.24. The Bertz CT molecular complexity index is 641. The summed E-state index contributed by atoms with van der Waals surface area (Å²) < 4.78 is 5.32. The number of rotatable bonds is 3. The molecule has 0 saturated carbocycles. The normalized spacial score (nSPS) is 22.7. The van der Waals surface area contributed by atoms with Crippen LogP contribution in [0.1, 0.15) is 29.5 Å². The van der Waals surface area contributed by atoms with Crippen molar-refractivity contribution in [1.82, 2.24) is 10.1 Å². The third-order valence-corrected chi connectivity index (χ3v) is 6.32. The minimum absolute atomic E-state index is 0.321. The van der Waals surface area contributed by atoms with Crippen LogP contribution in [0.5, 0.6) is 0 Å². The number of benzene rings is 1. The second-order valence-electron chi connectivity index (χ2n) is 4.86. The van der Waals surface area contributed by atoms with Crippen molar-refractivity contribution < 1.29 is 4.52 Å². The second-order valence-corrected chi connectivity index (χ2v) is 7.60. The lowest BCUT2D eigenvalue weighted by Crippen LogP contribution is -2.16. The zero-order chi connectivity index (χ0) is 14.7. The Kier molecular flexibility index (Phi) is 4.55. The summed E-state index contributed by atoms with van der Waals surface area (Å²) in [6, 6.07) is 7.68. The highest BCUT2D eigenvalue weighted by Crippen LogP contribution is 2.41. The van der Waals surface area contributed by atoms with Crippen LogP contribution >= 0.6 is 23.5 Å². The van der Waals surface area contributed by atoms with E-state index in [1.807, 2.05) is 59.9 Å². The highest BCUT2D eigenvalue weighted by Gasteiger charge is 2.28. The van der Waals surface area contributed by atoms with Crippen LogP contribution in [0.15, 0.2) is 28.8 Å². The molecule has 0 bridgehead atoms. The molecule has 0 spiro atoms. The van der Waals surface area contributed by atoms with Gasteiger partial charge in [-0.3, -0.25) is 0 Å². The number of nitrogens with zero attached hydrogens (tertiary/aromatic N) is 2. The van der Waals surface area contributed by atoms with Gasteiger partial charge in [-0.25, -0.2) is 0 Å². The molecule has 2 heterocycles. The van der Waals surface area contributed by atoms with Gasteiger partial charge in [0.15, 0.2) is 5.82 Å². The summed E-state index contributed by atoms with van der Waals surface area (Å²) in [5.41, 5.74) is 7.52. The summed E-state index contributed by atoms with van der Waals surface area (Å²) in [7, 11) is 0. The van der Waals surface area contributed by atoms with Crippen molar-refractivity contribution in [3.05, 3.63) is 41.5 Å². The number of hydrogen-bond acceptors (Lipinski definition) is 6. The summed E-state index contributed by atoms with van der Waals surface area (Å²) >= 11 is 3.88. The third kappa shape index (κ3) is 3.63. The monoisotopic (exact) mass is 319 g/mol. The van der Waals surface area contributed by atoms with Gasteiger partial charge in [-0.15, -0.1) is 11.8 Å². The van der Waals surface area contributed by atoms with E-state index in [9.17, 15) is 0 Å². The predicted molar refractivity (Wildman–Crippen MR) is 91.2 cm³/mol. The molecule has 0 aliphatic carbocycles. The second kappa shape index (κ2) is 6.58. The molecule has 6 heteroatoms. The molecule has 110 valence electrons. The van der Waals surface area contributed by atoms with Gasteiger partial charge in [0.2, 0.25) is 0 Å². The highest BCUT2D eigenvalue weighted by atomic mass is 32.2. The molecule has 2 atom stereocenters. The van der Waals surface area contributed by atoms with Gasteiger partial charge in [0.05, 0.1) is 5.25 Å². The average molecular weight is 319 g/mol. The molecule has 4 nitrogen and oxygen atoms in total. The minimum Gasteiger partial charge on any atom is -0.399 e.